The van der Waals surface area contributed by atoms with Gasteiger partial charge in [-0.2, -0.15) is 0 Å². The molecule has 0 saturated carbocycles. The van der Waals surface area contributed by atoms with Crippen molar-refractivity contribution in [3.8, 4) is 5.69 Å². The van der Waals surface area contributed by atoms with Gasteiger partial charge in [0.2, 0.25) is 5.91 Å². The molecule has 1 amide bonds. The zero-order valence-electron chi connectivity index (χ0n) is 17.9. The van der Waals surface area contributed by atoms with E-state index >= 15 is 0 Å². The molecule has 5 nitrogen and oxygen atoms in total. The Balaban J connectivity index is 2.01. The molecule has 1 heterocycles. The van der Waals surface area contributed by atoms with Crippen molar-refractivity contribution < 1.29 is 9.18 Å². The fourth-order valence-corrected chi connectivity index (χ4v) is 4.61. The Kier molecular flexibility index (Phi) is 8.23. The molecule has 31 heavy (non-hydrogen) atoms. The van der Waals surface area contributed by atoms with E-state index in [1.54, 1.807) is 30.3 Å². The lowest BCUT2D eigenvalue weighted by Gasteiger charge is -2.19. The molecule has 1 atom stereocenters. The third kappa shape index (κ3) is 5.73. The number of nitrogens with one attached hydrogen (secondary N) is 1. The lowest BCUT2D eigenvalue weighted by molar-refractivity contribution is -0.120. The molecule has 0 aliphatic rings. The highest BCUT2D eigenvalue weighted by Gasteiger charge is 2.23. The van der Waals surface area contributed by atoms with Crippen LogP contribution in [0, 0.1) is 5.82 Å². The van der Waals surface area contributed by atoms with Crippen LogP contribution in [0.4, 0.5) is 4.39 Å². The summed E-state index contributed by atoms with van der Waals surface area (Å²) in [5, 5.41) is 3.46. The Hall–Kier alpha value is -2.67. The molecule has 7 heteroatoms. The summed E-state index contributed by atoms with van der Waals surface area (Å²) in [5.41, 5.74) is 0.669. The summed E-state index contributed by atoms with van der Waals surface area (Å²) >= 11 is 1.26. The number of benzene rings is 2. The first-order valence-electron chi connectivity index (χ1n) is 10.8. The molecular weight excluding hydrogens is 413 g/mol. The topological polar surface area (TPSA) is 64.0 Å². The molecule has 0 saturated heterocycles. The van der Waals surface area contributed by atoms with Crippen molar-refractivity contribution in [3.63, 3.8) is 0 Å². The second-order valence-corrected chi connectivity index (χ2v) is 8.60. The number of aromatic nitrogens is 2. The normalized spacial score (nSPS) is 12.1. The number of carbonyl (C=O) groups excluding carboxylic acids is 1. The van der Waals surface area contributed by atoms with Gasteiger partial charge in [-0.15, -0.1) is 0 Å². The van der Waals surface area contributed by atoms with Crippen LogP contribution in [0.5, 0.6) is 0 Å². The lowest BCUT2D eigenvalue weighted by atomic mass is 10.2. The number of hydrogen-bond donors (Lipinski definition) is 1. The predicted molar refractivity (Wildman–Crippen MR) is 124 cm³/mol. The zero-order chi connectivity index (χ0) is 22.2. The van der Waals surface area contributed by atoms with E-state index in [0.717, 1.165) is 25.7 Å². The van der Waals surface area contributed by atoms with Gasteiger partial charge in [-0.1, -0.05) is 63.1 Å². The first-order chi connectivity index (χ1) is 15.0. The van der Waals surface area contributed by atoms with Crippen molar-refractivity contribution in [1.29, 1.82) is 0 Å². The van der Waals surface area contributed by atoms with Crippen molar-refractivity contribution in [3.05, 3.63) is 64.7 Å². The largest absolute Gasteiger partial charge is 0.355 e. The van der Waals surface area contributed by atoms with Gasteiger partial charge >= 0.3 is 0 Å². The summed E-state index contributed by atoms with van der Waals surface area (Å²) in [5.74, 6) is -0.497. The number of thioether (sulfide) groups is 1. The van der Waals surface area contributed by atoms with Gasteiger partial charge in [-0.25, -0.2) is 9.37 Å². The zero-order valence-corrected chi connectivity index (χ0v) is 18.8. The molecule has 1 aromatic heterocycles. The van der Waals surface area contributed by atoms with E-state index in [4.69, 9.17) is 0 Å². The summed E-state index contributed by atoms with van der Waals surface area (Å²) in [7, 11) is 0. The van der Waals surface area contributed by atoms with Crippen LogP contribution in [0.15, 0.2) is 58.5 Å². The van der Waals surface area contributed by atoms with Crippen LogP contribution < -0.4 is 10.9 Å². The SMILES string of the molecule is CCCCCNC(=O)C(CCC)Sc1nc2ccccc2c(=O)n1-c1cccc(F)c1. The maximum absolute atomic E-state index is 13.9. The number of fused-ring (bicyclic) bond motifs is 1. The van der Waals surface area contributed by atoms with E-state index in [2.05, 4.69) is 17.2 Å². The number of amides is 1. The standard InChI is InChI=1S/C24H28FN3O2S/c1-3-5-8-15-26-22(29)21(10-4-2)31-24-27-20-14-7-6-13-19(20)23(30)28(24)18-12-9-11-17(25)16-18/h6-7,9,11-14,16,21H,3-5,8,10,15H2,1-2H3,(H,26,29). The number of unbranched alkanes of at least 4 members (excludes halogenated alkanes) is 2. The van der Waals surface area contributed by atoms with Crippen LogP contribution in [0.2, 0.25) is 0 Å². The molecule has 0 radical (unpaired) electrons. The average Bonchev–Trinajstić information content (AvgIpc) is 2.76. The summed E-state index contributed by atoms with van der Waals surface area (Å²) in [6, 6.07) is 12.9. The van der Waals surface area contributed by atoms with E-state index < -0.39 is 5.82 Å². The minimum absolute atomic E-state index is 0.0591. The summed E-state index contributed by atoms with van der Waals surface area (Å²) < 4.78 is 15.3. The van der Waals surface area contributed by atoms with E-state index in [9.17, 15) is 14.0 Å². The van der Waals surface area contributed by atoms with Gasteiger partial charge in [0, 0.05) is 6.54 Å². The molecule has 0 fully saturated rings. The highest BCUT2D eigenvalue weighted by molar-refractivity contribution is 8.00. The first kappa shape index (κ1) is 23.0. The molecule has 3 rings (SSSR count). The fourth-order valence-electron chi connectivity index (χ4n) is 3.37. The van der Waals surface area contributed by atoms with Gasteiger partial charge in [0.25, 0.3) is 5.56 Å². The number of rotatable bonds is 10. The Bertz CT molecular complexity index is 1100. The monoisotopic (exact) mass is 441 g/mol. The second-order valence-electron chi connectivity index (χ2n) is 7.43. The van der Waals surface area contributed by atoms with Crippen LogP contribution in [-0.2, 0) is 4.79 Å². The summed E-state index contributed by atoms with van der Waals surface area (Å²) in [6.07, 6.45) is 4.56. The summed E-state index contributed by atoms with van der Waals surface area (Å²) in [4.78, 5) is 30.8. The molecule has 1 unspecified atom stereocenters. The smallest absolute Gasteiger partial charge is 0.266 e. The minimum Gasteiger partial charge on any atom is -0.355 e. The number of para-hydroxylation sites is 1. The Morgan fingerprint density at radius 1 is 1.13 bits per heavy atom. The van der Waals surface area contributed by atoms with Gasteiger partial charge in [0.1, 0.15) is 5.82 Å². The number of nitrogens with zero attached hydrogens (tertiary/aromatic N) is 2. The van der Waals surface area contributed by atoms with Crippen LogP contribution >= 0.6 is 11.8 Å². The van der Waals surface area contributed by atoms with Gasteiger partial charge in [-0.05, 0) is 43.2 Å². The molecule has 0 aliphatic carbocycles. The third-order valence-corrected chi connectivity index (χ3v) is 6.20. The molecule has 0 aliphatic heterocycles. The highest BCUT2D eigenvalue weighted by Crippen LogP contribution is 2.28. The second kappa shape index (κ2) is 11.1. The summed E-state index contributed by atoms with van der Waals surface area (Å²) in [6.45, 7) is 4.77. The van der Waals surface area contributed by atoms with E-state index in [1.165, 1.54) is 28.5 Å². The van der Waals surface area contributed by atoms with E-state index in [-0.39, 0.29) is 16.7 Å². The average molecular weight is 442 g/mol. The van der Waals surface area contributed by atoms with Crippen molar-refractivity contribution in [2.24, 2.45) is 0 Å². The van der Waals surface area contributed by atoms with Crippen LogP contribution in [-0.4, -0.2) is 27.3 Å². The molecule has 164 valence electrons. The van der Waals surface area contributed by atoms with Gasteiger partial charge < -0.3 is 5.32 Å². The maximum Gasteiger partial charge on any atom is 0.266 e. The van der Waals surface area contributed by atoms with Crippen molar-refractivity contribution in [2.75, 3.05) is 6.54 Å². The lowest BCUT2D eigenvalue weighted by Crippen LogP contribution is -2.34. The maximum atomic E-state index is 13.9. The molecule has 0 bridgehead atoms. The Labute approximate surface area is 186 Å². The Morgan fingerprint density at radius 2 is 1.94 bits per heavy atom. The van der Waals surface area contributed by atoms with Gasteiger partial charge in [0.15, 0.2) is 5.16 Å². The van der Waals surface area contributed by atoms with Crippen molar-refractivity contribution in [1.82, 2.24) is 14.9 Å². The van der Waals surface area contributed by atoms with Crippen LogP contribution in [0.1, 0.15) is 46.0 Å². The molecule has 2 aromatic carbocycles. The quantitative estimate of drug-likeness (QED) is 0.270. The van der Waals surface area contributed by atoms with Crippen molar-refractivity contribution in [2.45, 2.75) is 56.4 Å². The third-order valence-electron chi connectivity index (χ3n) is 4.98. The highest BCUT2D eigenvalue weighted by atomic mass is 32.2. The molecule has 1 N–H and O–H groups in total. The molecule has 3 aromatic rings. The van der Waals surface area contributed by atoms with E-state index in [1.807, 2.05) is 13.0 Å². The Morgan fingerprint density at radius 3 is 2.68 bits per heavy atom. The van der Waals surface area contributed by atoms with Crippen molar-refractivity contribution >= 4 is 28.6 Å². The predicted octanol–water partition coefficient (Wildman–Crippen LogP) is 5.09. The number of hydrogen-bond acceptors (Lipinski definition) is 4. The van der Waals surface area contributed by atoms with E-state index in [0.29, 0.717) is 34.7 Å². The van der Waals surface area contributed by atoms with Gasteiger partial charge in [0.05, 0.1) is 21.8 Å². The molecule has 0 spiro atoms. The minimum atomic E-state index is -0.438. The molecular formula is C24H28FN3O2S. The first-order valence-corrected chi connectivity index (χ1v) is 11.6. The van der Waals surface area contributed by atoms with Crippen LogP contribution in [0.25, 0.3) is 16.6 Å². The van der Waals surface area contributed by atoms with Gasteiger partial charge in [-0.3, -0.25) is 14.2 Å². The number of carbonyl (C=O) groups is 1. The fraction of sp³-hybridized carbons (Fsp3) is 0.375. The number of halogens is 1. The van der Waals surface area contributed by atoms with Crippen LogP contribution in [0.3, 0.4) is 0 Å².